The zero-order valence-electron chi connectivity index (χ0n) is 18.0. The molecule has 0 amide bonds. The van der Waals surface area contributed by atoms with Crippen molar-refractivity contribution in [1.29, 1.82) is 0 Å². The van der Waals surface area contributed by atoms with Crippen LogP contribution in [0.15, 0.2) is 0 Å². The number of nitrogens with zero attached hydrogens (tertiary/aromatic N) is 1. The van der Waals surface area contributed by atoms with Crippen LogP contribution in [0.4, 0.5) is 5.69 Å². The van der Waals surface area contributed by atoms with Gasteiger partial charge >= 0.3 is 7.12 Å². The van der Waals surface area contributed by atoms with Crippen LogP contribution in [0.2, 0.25) is 0 Å². The molecule has 5 heteroatoms. The van der Waals surface area contributed by atoms with Crippen molar-refractivity contribution in [3.63, 3.8) is 0 Å². The van der Waals surface area contributed by atoms with E-state index in [2.05, 4.69) is 64.6 Å². The molecule has 0 aliphatic carbocycles. The summed E-state index contributed by atoms with van der Waals surface area (Å²) in [4.78, 5) is 2.48. The number of piperazine rings is 1. The summed E-state index contributed by atoms with van der Waals surface area (Å²) in [5.41, 5.74) is 6.74. The van der Waals surface area contributed by atoms with Crippen molar-refractivity contribution in [2.24, 2.45) is 0 Å². The van der Waals surface area contributed by atoms with Crippen LogP contribution >= 0.6 is 0 Å². The summed E-state index contributed by atoms with van der Waals surface area (Å²) >= 11 is 0. The highest BCUT2D eigenvalue weighted by Crippen LogP contribution is 2.38. The van der Waals surface area contributed by atoms with Crippen LogP contribution in [-0.4, -0.2) is 44.5 Å². The lowest BCUT2D eigenvalue weighted by atomic mass is 9.70. The van der Waals surface area contributed by atoms with Gasteiger partial charge in [0.15, 0.2) is 0 Å². The van der Waals surface area contributed by atoms with Crippen molar-refractivity contribution < 1.29 is 9.31 Å². The van der Waals surface area contributed by atoms with Crippen molar-refractivity contribution in [1.82, 2.24) is 5.32 Å². The summed E-state index contributed by atoms with van der Waals surface area (Å²) in [6, 6.07) is 0. The molecule has 2 aliphatic heterocycles. The Morgan fingerprint density at radius 2 is 1.56 bits per heavy atom. The molecule has 1 N–H and O–H groups in total. The SMILES string of the molecule is C#CCc1c(C)c(B2OC(C)(C)C(C)(C)O2)c(C)c(N2CCNCC2)c1C. The minimum absolute atomic E-state index is 0.358. The number of hydrogen-bond donors (Lipinski definition) is 1. The number of hydrogen-bond acceptors (Lipinski definition) is 4. The molecule has 2 fully saturated rings. The molecule has 0 radical (unpaired) electrons. The van der Waals surface area contributed by atoms with Crippen molar-refractivity contribution in [3.05, 3.63) is 22.3 Å². The second kappa shape index (κ2) is 7.16. The van der Waals surface area contributed by atoms with Gasteiger partial charge in [0.05, 0.1) is 11.2 Å². The molecule has 0 spiro atoms. The van der Waals surface area contributed by atoms with Crippen molar-refractivity contribution in [2.45, 2.75) is 66.1 Å². The van der Waals surface area contributed by atoms with Crippen molar-refractivity contribution in [3.8, 4) is 12.3 Å². The van der Waals surface area contributed by atoms with Gasteiger partial charge in [-0.25, -0.2) is 0 Å². The van der Waals surface area contributed by atoms with Crippen LogP contribution < -0.4 is 15.7 Å². The van der Waals surface area contributed by atoms with E-state index in [9.17, 15) is 0 Å². The van der Waals surface area contributed by atoms with Gasteiger partial charge in [0, 0.05) is 38.3 Å². The monoisotopic (exact) mass is 368 g/mol. The summed E-state index contributed by atoms with van der Waals surface area (Å²) in [7, 11) is -0.367. The van der Waals surface area contributed by atoms with E-state index in [-0.39, 0.29) is 18.3 Å². The Hall–Kier alpha value is -1.48. The summed E-state index contributed by atoms with van der Waals surface area (Å²) < 4.78 is 12.8. The molecular weight excluding hydrogens is 335 g/mol. The molecule has 4 nitrogen and oxygen atoms in total. The third-order valence-electron chi connectivity index (χ3n) is 6.62. The van der Waals surface area contributed by atoms with Gasteiger partial charge in [-0.15, -0.1) is 12.3 Å². The van der Waals surface area contributed by atoms with Crippen LogP contribution in [0.3, 0.4) is 0 Å². The molecule has 146 valence electrons. The number of rotatable bonds is 3. The second-order valence-electron chi connectivity index (χ2n) is 8.82. The maximum absolute atomic E-state index is 6.42. The van der Waals surface area contributed by atoms with E-state index >= 15 is 0 Å². The maximum atomic E-state index is 6.42. The highest BCUT2D eigenvalue weighted by Gasteiger charge is 2.52. The van der Waals surface area contributed by atoms with Gasteiger partial charge in [-0.1, -0.05) is 0 Å². The highest BCUT2D eigenvalue weighted by atomic mass is 16.7. The first kappa shape index (κ1) is 20.3. The van der Waals surface area contributed by atoms with Gasteiger partial charge in [-0.05, 0) is 76.2 Å². The zero-order valence-corrected chi connectivity index (χ0v) is 18.0. The molecule has 0 aromatic heterocycles. The van der Waals surface area contributed by atoms with E-state index in [1.54, 1.807) is 0 Å². The Morgan fingerprint density at radius 3 is 2.07 bits per heavy atom. The normalized spacial score (nSPS) is 21.4. The first-order chi connectivity index (χ1) is 12.6. The fourth-order valence-corrected chi connectivity index (χ4v) is 4.32. The van der Waals surface area contributed by atoms with Crippen molar-refractivity contribution in [2.75, 3.05) is 31.1 Å². The summed E-state index contributed by atoms with van der Waals surface area (Å²) in [6.45, 7) is 19.0. The lowest BCUT2D eigenvalue weighted by Crippen LogP contribution is -2.46. The molecule has 0 bridgehead atoms. The Kier molecular flexibility index (Phi) is 5.38. The van der Waals surface area contributed by atoms with E-state index in [0.717, 1.165) is 31.6 Å². The number of terminal acetylenes is 1. The smallest absolute Gasteiger partial charge is 0.399 e. The molecule has 0 unspecified atom stereocenters. The second-order valence-corrected chi connectivity index (χ2v) is 8.82. The minimum Gasteiger partial charge on any atom is -0.399 e. The Morgan fingerprint density at radius 1 is 1.00 bits per heavy atom. The quantitative estimate of drug-likeness (QED) is 0.657. The molecule has 2 saturated heterocycles. The van der Waals surface area contributed by atoms with Crippen LogP contribution in [0, 0.1) is 33.1 Å². The summed E-state index contributed by atoms with van der Waals surface area (Å²) in [6.07, 6.45) is 6.35. The van der Waals surface area contributed by atoms with Gasteiger partial charge in [-0.2, -0.15) is 0 Å². The molecule has 0 atom stereocenters. The van der Waals surface area contributed by atoms with E-state index in [1.165, 1.54) is 27.9 Å². The topological polar surface area (TPSA) is 33.7 Å². The van der Waals surface area contributed by atoms with Gasteiger partial charge < -0.3 is 19.5 Å². The fourth-order valence-electron chi connectivity index (χ4n) is 4.32. The third-order valence-corrected chi connectivity index (χ3v) is 6.62. The van der Waals surface area contributed by atoms with Crippen LogP contribution in [0.25, 0.3) is 0 Å². The third kappa shape index (κ3) is 3.40. The van der Waals surface area contributed by atoms with Gasteiger partial charge in [0.2, 0.25) is 0 Å². The largest absolute Gasteiger partial charge is 0.495 e. The van der Waals surface area contributed by atoms with Crippen LogP contribution in [0.1, 0.15) is 49.9 Å². The molecule has 2 heterocycles. The molecule has 0 saturated carbocycles. The van der Waals surface area contributed by atoms with E-state index in [1.807, 2.05) is 0 Å². The van der Waals surface area contributed by atoms with Gasteiger partial charge in [-0.3, -0.25) is 0 Å². The van der Waals surface area contributed by atoms with Gasteiger partial charge in [0.25, 0.3) is 0 Å². The molecule has 2 aliphatic rings. The average molecular weight is 368 g/mol. The van der Waals surface area contributed by atoms with E-state index in [4.69, 9.17) is 15.7 Å². The number of nitrogens with one attached hydrogen (secondary N) is 1. The van der Waals surface area contributed by atoms with Crippen LogP contribution in [0.5, 0.6) is 0 Å². The number of anilines is 1. The maximum Gasteiger partial charge on any atom is 0.495 e. The standard InChI is InChI=1S/C22H33BN2O2/c1-9-10-18-15(2)19(23-26-21(5,6)22(7,8)27-23)17(4)20(16(18)3)25-13-11-24-12-14-25/h1,24H,10-14H2,2-8H3. The molecule has 3 rings (SSSR count). The lowest BCUT2D eigenvalue weighted by Gasteiger charge is -2.34. The Labute approximate surface area is 165 Å². The zero-order chi connectivity index (χ0) is 20.0. The highest BCUT2D eigenvalue weighted by molar-refractivity contribution is 6.63. The molecule has 1 aromatic carbocycles. The van der Waals surface area contributed by atoms with E-state index < -0.39 is 0 Å². The summed E-state index contributed by atoms with van der Waals surface area (Å²) in [5, 5.41) is 3.44. The average Bonchev–Trinajstić information content (AvgIpc) is 2.80. The fraction of sp³-hybridized carbons (Fsp3) is 0.636. The van der Waals surface area contributed by atoms with Crippen LogP contribution in [-0.2, 0) is 15.7 Å². The summed E-state index contributed by atoms with van der Waals surface area (Å²) in [5.74, 6) is 2.85. The predicted molar refractivity (Wildman–Crippen MR) is 114 cm³/mol. The first-order valence-electron chi connectivity index (χ1n) is 9.98. The Balaban J connectivity index is 2.16. The molecule has 1 aromatic rings. The van der Waals surface area contributed by atoms with Gasteiger partial charge in [0.1, 0.15) is 0 Å². The predicted octanol–water partition coefficient (Wildman–Crippen LogP) is 2.50. The molecular formula is C22H33BN2O2. The minimum atomic E-state index is -0.367. The number of benzene rings is 1. The van der Waals surface area contributed by atoms with E-state index in [0.29, 0.717) is 6.42 Å². The Bertz CT molecular complexity index is 758. The first-order valence-corrected chi connectivity index (χ1v) is 9.98. The lowest BCUT2D eigenvalue weighted by molar-refractivity contribution is 0.00578. The molecule has 27 heavy (non-hydrogen) atoms. The van der Waals surface area contributed by atoms with Crippen molar-refractivity contribution >= 4 is 18.3 Å².